The summed E-state index contributed by atoms with van der Waals surface area (Å²) in [6.07, 6.45) is 8.51. The van der Waals surface area contributed by atoms with Gasteiger partial charge in [0, 0.05) is 12.0 Å². The molecular weight excluding hydrogens is 454 g/mol. The molecule has 2 aliphatic heterocycles. The molecule has 2 saturated carbocycles. The predicted molar refractivity (Wildman–Crippen MR) is 133 cm³/mol. The maximum Gasteiger partial charge on any atom is 0.181 e. The van der Waals surface area contributed by atoms with Gasteiger partial charge in [-0.25, -0.2) is 4.98 Å². The number of allylic oxidation sites excluding steroid dienone is 2. The minimum Gasteiger partial charge on any atom is -0.443 e. The van der Waals surface area contributed by atoms with E-state index in [4.69, 9.17) is 9.15 Å². The molecule has 7 nitrogen and oxygen atoms in total. The summed E-state index contributed by atoms with van der Waals surface area (Å²) in [5.74, 6) is 0.153. The third kappa shape index (κ3) is 2.54. The number of benzene rings is 1. The fourth-order valence-electron chi connectivity index (χ4n) is 8.72. The Balaban J connectivity index is 1.33. The van der Waals surface area contributed by atoms with Gasteiger partial charge in [0.1, 0.15) is 17.0 Å². The van der Waals surface area contributed by atoms with Crippen LogP contribution in [0, 0.1) is 28.1 Å². The number of aromatic nitrogens is 1. The molecule has 8 atom stereocenters. The van der Waals surface area contributed by atoms with Crippen LogP contribution in [-0.4, -0.2) is 63.6 Å². The highest BCUT2D eigenvalue weighted by atomic mass is 16.5. The average molecular weight is 488 g/mol. The van der Waals surface area contributed by atoms with Gasteiger partial charge in [-0.3, -0.25) is 0 Å². The molecular formula is C29H33N3O4. The lowest BCUT2D eigenvalue weighted by atomic mass is 9.49. The molecule has 8 unspecified atom stereocenters. The van der Waals surface area contributed by atoms with E-state index in [-0.39, 0.29) is 17.4 Å². The number of aliphatic hydroxyl groups excluding tert-OH is 2. The molecule has 3 fully saturated rings. The van der Waals surface area contributed by atoms with Crippen LogP contribution < -0.4 is 0 Å². The lowest BCUT2D eigenvalue weighted by molar-refractivity contribution is -0.223. The Morgan fingerprint density at radius 2 is 2.00 bits per heavy atom. The summed E-state index contributed by atoms with van der Waals surface area (Å²) in [6, 6.07) is 8.70. The number of fused-ring (bicyclic) bond motifs is 2. The molecule has 3 aliphatic carbocycles. The van der Waals surface area contributed by atoms with Crippen molar-refractivity contribution in [3.63, 3.8) is 0 Å². The number of aliphatic hydroxyl groups is 2. The van der Waals surface area contributed by atoms with Gasteiger partial charge in [-0.1, -0.05) is 25.1 Å². The van der Waals surface area contributed by atoms with Crippen LogP contribution in [0.1, 0.15) is 51.0 Å². The molecule has 3 heterocycles. The lowest BCUT2D eigenvalue weighted by Gasteiger charge is -2.61. The molecule has 1 saturated heterocycles. The van der Waals surface area contributed by atoms with Crippen molar-refractivity contribution < 1.29 is 19.4 Å². The fourth-order valence-corrected chi connectivity index (χ4v) is 8.72. The molecule has 2 spiro atoms. The van der Waals surface area contributed by atoms with Crippen molar-refractivity contribution in [1.82, 2.24) is 9.88 Å². The standard InChI is InChI=1S/C29H33N3O4/c1-26-8-9-27(15-30)13-19-24(33)25(34)21(32(2)3)14-28(19)10-11-29(27,36-28)23(26)7-5-18(26)17-4-6-22-20(12-17)31-16-35-22/h4-6,12-13,16,21,23-25,33-34H,7-11,14H2,1-3H3. The van der Waals surface area contributed by atoms with E-state index in [0.29, 0.717) is 12.8 Å². The summed E-state index contributed by atoms with van der Waals surface area (Å²) in [5.41, 5.74) is 2.64. The maximum absolute atomic E-state index is 11.2. The largest absolute Gasteiger partial charge is 0.443 e. The van der Waals surface area contributed by atoms with Gasteiger partial charge >= 0.3 is 0 Å². The third-order valence-corrected chi connectivity index (χ3v) is 10.6. The zero-order valence-electron chi connectivity index (χ0n) is 21.1. The van der Waals surface area contributed by atoms with Crippen molar-refractivity contribution >= 4 is 16.7 Å². The lowest BCUT2D eigenvalue weighted by Crippen LogP contribution is -2.66. The van der Waals surface area contributed by atoms with Gasteiger partial charge in [0.05, 0.1) is 23.4 Å². The van der Waals surface area contributed by atoms with Crippen molar-refractivity contribution in [2.75, 3.05) is 14.1 Å². The Labute approximate surface area is 211 Å². The number of nitrogens with zero attached hydrogens (tertiary/aromatic N) is 3. The Bertz CT molecular complexity index is 1370. The first kappa shape index (κ1) is 22.7. The van der Waals surface area contributed by atoms with Crippen LogP contribution in [0.4, 0.5) is 0 Å². The Morgan fingerprint density at radius 3 is 2.78 bits per heavy atom. The number of rotatable bonds is 2. The van der Waals surface area contributed by atoms with E-state index in [1.807, 2.05) is 31.1 Å². The van der Waals surface area contributed by atoms with Crippen LogP contribution in [0.5, 0.6) is 0 Å². The number of nitriles is 1. The van der Waals surface area contributed by atoms with Crippen LogP contribution in [0.25, 0.3) is 16.7 Å². The van der Waals surface area contributed by atoms with E-state index in [2.05, 4.69) is 36.2 Å². The predicted octanol–water partition coefficient (Wildman–Crippen LogP) is 3.82. The Hall–Kier alpha value is -2.50. The van der Waals surface area contributed by atoms with Gasteiger partial charge in [0.15, 0.2) is 12.0 Å². The topological polar surface area (TPSA) is 103 Å². The highest BCUT2D eigenvalue weighted by molar-refractivity contribution is 5.82. The number of likely N-dealkylation sites (N-methyl/N-ethyl adjacent to an activating group) is 1. The number of hydrogen-bond acceptors (Lipinski definition) is 7. The second-order valence-electron chi connectivity index (χ2n) is 12.2. The van der Waals surface area contributed by atoms with E-state index in [1.54, 1.807) is 0 Å². The minimum absolute atomic E-state index is 0.137. The number of ether oxygens (including phenoxy) is 1. The Kier molecular flexibility index (Phi) is 4.46. The van der Waals surface area contributed by atoms with Gasteiger partial charge in [-0.05, 0) is 86.9 Å². The van der Waals surface area contributed by atoms with Crippen molar-refractivity contribution in [2.24, 2.45) is 16.7 Å². The van der Waals surface area contributed by atoms with Gasteiger partial charge in [-0.2, -0.15) is 5.26 Å². The summed E-state index contributed by atoms with van der Waals surface area (Å²) < 4.78 is 12.7. The molecule has 1 aromatic heterocycles. The SMILES string of the molecule is CN(C)C1CC23CCC4(O2)C2CC=C(c5ccc6ocnc6c5)C2(C)CCC4(C#N)C=C3C(O)C1O. The van der Waals surface area contributed by atoms with E-state index in [9.17, 15) is 15.5 Å². The van der Waals surface area contributed by atoms with E-state index in [1.165, 1.54) is 12.0 Å². The Morgan fingerprint density at radius 1 is 1.17 bits per heavy atom. The van der Waals surface area contributed by atoms with Gasteiger partial charge in [0.25, 0.3) is 0 Å². The molecule has 0 radical (unpaired) electrons. The van der Waals surface area contributed by atoms with Gasteiger partial charge in [0.2, 0.25) is 0 Å². The molecule has 7 rings (SSSR count). The van der Waals surface area contributed by atoms with Crippen LogP contribution in [0.15, 0.2) is 46.7 Å². The molecule has 2 aromatic rings. The van der Waals surface area contributed by atoms with Crippen LogP contribution >= 0.6 is 0 Å². The minimum atomic E-state index is -1.02. The number of oxazole rings is 1. The molecule has 188 valence electrons. The molecule has 2 bridgehead atoms. The maximum atomic E-state index is 11.2. The number of hydrogen-bond donors (Lipinski definition) is 2. The summed E-state index contributed by atoms with van der Waals surface area (Å²) >= 11 is 0. The van der Waals surface area contributed by atoms with Crippen molar-refractivity contribution in [3.05, 3.63) is 47.9 Å². The summed E-state index contributed by atoms with van der Waals surface area (Å²) in [5, 5.41) is 32.9. The van der Waals surface area contributed by atoms with Crippen molar-refractivity contribution in [2.45, 2.75) is 74.9 Å². The van der Waals surface area contributed by atoms with Crippen LogP contribution in [0.2, 0.25) is 0 Å². The molecule has 0 amide bonds. The van der Waals surface area contributed by atoms with Gasteiger partial charge < -0.3 is 24.3 Å². The third-order valence-electron chi connectivity index (χ3n) is 10.6. The van der Waals surface area contributed by atoms with E-state index < -0.39 is 28.8 Å². The zero-order valence-corrected chi connectivity index (χ0v) is 21.1. The van der Waals surface area contributed by atoms with E-state index in [0.717, 1.165) is 47.9 Å². The average Bonchev–Trinajstić information content (AvgIpc) is 3.56. The van der Waals surface area contributed by atoms with Crippen molar-refractivity contribution in [3.8, 4) is 6.07 Å². The quantitative estimate of drug-likeness (QED) is 0.621. The van der Waals surface area contributed by atoms with Gasteiger partial charge in [-0.15, -0.1) is 0 Å². The first-order valence-corrected chi connectivity index (χ1v) is 13.1. The van der Waals surface area contributed by atoms with E-state index >= 15 is 0 Å². The van der Waals surface area contributed by atoms with Crippen LogP contribution in [-0.2, 0) is 4.74 Å². The van der Waals surface area contributed by atoms with Crippen molar-refractivity contribution in [1.29, 1.82) is 5.26 Å². The second kappa shape index (κ2) is 7.08. The molecule has 5 aliphatic rings. The fraction of sp³-hybridized carbons (Fsp3) is 0.586. The summed E-state index contributed by atoms with van der Waals surface area (Å²) in [4.78, 5) is 6.35. The first-order valence-electron chi connectivity index (χ1n) is 13.1. The molecule has 36 heavy (non-hydrogen) atoms. The summed E-state index contributed by atoms with van der Waals surface area (Å²) in [6.45, 7) is 2.34. The van der Waals surface area contributed by atoms with Crippen LogP contribution in [0.3, 0.4) is 0 Å². The molecule has 1 aromatic carbocycles. The molecule has 7 heteroatoms. The normalized spacial score (nSPS) is 45.0. The molecule has 2 N–H and O–H groups in total. The second-order valence-corrected chi connectivity index (χ2v) is 12.2. The summed E-state index contributed by atoms with van der Waals surface area (Å²) in [7, 11) is 3.88. The first-order chi connectivity index (χ1) is 17.2. The zero-order chi connectivity index (χ0) is 25.1. The highest BCUT2D eigenvalue weighted by Crippen LogP contribution is 2.72. The monoisotopic (exact) mass is 487 g/mol. The smallest absolute Gasteiger partial charge is 0.181 e. The highest BCUT2D eigenvalue weighted by Gasteiger charge is 2.74.